The summed E-state index contributed by atoms with van der Waals surface area (Å²) in [5, 5.41) is 12.1. The molecule has 35 heavy (non-hydrogen) atoms. The number of amides is 1. The third-order valence-corrected chi connectivity index (χ3v) is 8.79. The Morgan fingerprint density at radius 1 is 1.09 bits per heavy atom. The predicted octanol–water partition coefficient (Wildman–Crippen LogP) is 3.74. The molecule has 0 aliphatic carbocycles. The first-order chi connectivity index (χ1) is 16.8. The van der Waals surface area contributed by atoms with Gasteiger partial charge in [-0.1, -0.05) is 68.1 Å². The molecule has 10 heteroatoms. The Hall–Kier alpha value is -2.69. The first-order valence-electron chi connectivity index (χ1n) is 11.7. The van der Waals surface area contributed by atoms with E-state index in [-0.39, 0.29) is 22.6 Å². The number of aryl methyl sites for hydroxylation is 1. The standard InChI is InChI=1S/C25H33N5O3S2/c1-5-30(6-2)35(32,33)22-14-10-13-21(17-22)24-27-28-25(29(24)4)34-18-23(31)26-19(3)15-16-20-11-8-7-9-12-20/h7-14,17,19H,5-6,15-16,18H2,1-4H3,(H,26,31)/t19-/m0/s1. The molecular weight excluding hydrogens is 482 g/mol. The van der Waals surface area contributed by atoms with E-state index < -0.39 is 10.0 Å². The lowest BCUT2D eigenvalue weighted by Crippen LogP contribution is -2.34. The zero-order chi connectivity index (χ0) is 25.4. The molecule has 0 aliphatic heterocycles. The van der Waals surface area contributed by atoms with E-state index in [0.717, 1.165) is 12.8 Å². The van der Waals surface area contributed by atoms with Crippen LogP contribution < -0.4 is 5.32 Å². The minimum atomic E-state index is -3.58. The number of benzene rings is 2. The molecule has 3 rings (SSSR count). The molecule has 0 unspecified atom stereocenters. The van der Waals surface area contributed by atoms with Crippen LogP contribution in [-0.4, -0.2) is 58.3 Å². The number of nitrogens with zero attached hydrogens (tertiary/aromatic N) is 4. The van der Waals surface area contributed by atoms with Crippen molar-refractivity contribution in [1.29, 1.82) is 0 Å². The van der Waals surface area contributed by atoms with E-state index >= 15 is 0 Å². The number of hydrogen-bond acceptors (Lipinski definition) is 6. The maximum absolute atomic E-state index is 12.9. The maximum atomic E-state index is 12.9. The van der Waals surface area contributed by atoms with Crippen LogP contribution in [0.15, 0.2) is 64.6 Å². The van der Waals surface area contributed by atoms with Crippen LogP contribution in [0.25, 0.3) is 11.4 Å². The summed E-state index contributed by atoms with van der Waals surface area (Å²) in [5.74, 6) is 0.700. The Balaban J connectivity index is 1.61. The summed E-state index contributed by atoms with van der Waals surface area (Å²) >= 11 is 1.30. The van der Waals surface area contributed by atoms with Gasteiger partial charge in [0.1, 0.15) is 0 Å². The van der Waals surface area contributed by atoms with E-state index in [1.807, 2.05) is 46.0 Å². The number of nitrogens with one attached hydrogen (secondary N) is 1. The first kappa shape index (κ1) is 26.9. The lowest BCUT2D eigenvalue weighted by molar-refractivity contribution is -0.119. The number of carbonyl (C=O) groups is 1. The second kappa shape index (κ2) is 12.3. The molecule has 0 aliphatic rings. The van der Waals surface area contributed by atoms with Gasteiger partial charge in [-0.05, 0) is 37.5 Å². The van der Waals surface area contributed by atoms with E-state index in [4.69, 9.17) is 0 Å². The summed E-state index contributed by atoms with van der Waals surface area (Å²) in [4.78, 5) is 12.7. The lowest BCUT2D eigenvalue weighted by atomic mass is 10.1. The van der Waals surface area contributed by atoms with Gasteiger partial charge in [-0.15, -0.1) is 10.2 Å². The zero-order valence-electron chi connectivity index (χ0n) is 20.6. The summed E-state index contributed by atoms with van der Waals surface area (Å²) in [6.45, 7) is 6.45. The van der Waals surface area contributed by atoms with Crippen molar-refractivity contribution in [1.82, 2.24) is 24.4 Å². The number of carbonyl (C=O) groups excluding carboxylic acids is 1. The lowest BCUT2D eigenvalue weighted by Gasteiger charge is -2.18. The van der Waals surface area contributed by atoms with Gasteiger partial charge in [0.25, 0.3) is 0 Å². The smallest absolute Gasteiger partial charge is 0.243 e. The highest BCUT2D eigenvalue weighted by atomic mass is 32.2. The highest BCUT2D eigenvalue weighted by Gasteiger charge is 2.23. The second-order valence-electron chi connectivity index (χ2n) is 8.26. The van der Waals surface area contributed by atoms with Gasteiger partial charge >= 0.3 is 0 Å². The van der Waals surface area contributed by atoms with Crippen LogP contribution in [-0.2, 0) is 28.3 Å². The van der Waals surface area contributed by atoms with Crippen molar-refractivity contribution in [3.63, 3.8) is 0 Å². The molecule has 1 amide bonds. The van der Waals surface area contributed by atoms with Crippen molar-refractivity contribution < 1.29 is 13.2 Å². The first-order valence-corrected chi connectivity index (χ1v) is 14.1. The maximum Gasteiger partial charge on any atom is 0.243 e. The van der Waals surface area contributed by atoms with Crippen molar-refractivity contribution in [3.05, 3.63) is 60.2 Å². The highest BCUT2D eigenvalue weighted by molar-refractivity contribution is 7.99. The van der Waals surface area contributed by atoms with Gasteiger partial charge in [-0.3, -0.25) is 4.79 Å². The van der Waals surface area contributed by atoms with Gasteiger partial charge in [-0.2, -0.15) is 4.31 Å². The Labute approximate surface area is 212 Å². The van der Waals surface area contributed by atoms with E-state index in [0.29, 0.717) is 29.6 Å². The van der Waals surface area contributed by atoms with Crippen molar-refractivity contribution in [2.45, 2.75) is 49.7 Å². The molecule has 0 saturated carbocycles. The largest absolute Gasteiger partial charge is 0.353 e. The molecule has 0 saturated heterocycles. The number of rotatable bonds is 12. The Morgan fingerprint density at radius 2 is 1.80 bits per heavy atom. The molecule has 0 radical (unpaired) electrons. The zero-order valence-corrected chi connectivity index (χ0v) is 22.3. The second-order valence-corrected chi connectivity index (χ2v) is 11.1. The molecule has 1 aromatic heterocycles. The summed E-state index contributed by atoms with van der Waals surface area (Å²) in [6, 6.07) is 17.0. The van der Waals surface area contributed by atoms with E-state index in [2.05, 4.69) is 27.6 Å². The highest BCUT2D eigenvalue weighted by Crippen LogP contribution is 2.26. The van der Waals surface area contributed by atoms with Gasteiger partial charge in [0.15, 0.2) is 11.0 Å². The molecule has 0 fully saturated rings. The van der Waals surface area contributed by atoms with Gasteiger partial charge < -0.3 is 9.88 Å². The van der Waals surface area contributed by atoms with Crippen molar-refractivity contribution in [2.24, 2.45) is 7.05 Å². The van der Waals surface area contributed by atoms with Gasteiger partial charge in [0, 0.05) is 31.7 Å². The van der Waals surface area contributed by atoms with Crippen LogP contribution in [0.5, 0.6) is 0 Å². The molecule has 8 nitrogen and oxygen atoms in total. The summed E-state index contributed by atoms with van der Waals surface area (Å²) in [7, 11) is -1.77. The number of sulfonamides is 1. The fraction of sp³-hybridized carbons (Fsp3) is 0.400. The van der Waals surface area contributed by atoms with Crippen LogP contribution in [0, 0.1) is 0 Å². The third kappa shape index (κ3) is 6.93. The monoisotopic (exact) mass is 515 g/mol. The van der Waals surface area contributed by atoms with E-state index in [9.17, 15) is 13.2 Å². The Morgan fingerprint density at radius 3 is 2.49 bits per heavy atom. The number of thioether (sulfide) groups is 1. The molecule has 1 heterocycles. The predicted molar refractivity (Wildman–Crippen MR) is 140 cm³/mol. The van der Waals surface area contributed by atoms with Crippen molar-refractivity contribution >= 4 is 27.7 Å². The van der Waals surface area contributed by atoms with Crippen LogP contribution >= 0.6 is 11.8 Å². The quantitative estimate of drug-likeness (QED) is 0.369. The van der Waals surface area contributed by atoms with Crippen molar-refractivity contribution in [2.75, 3.05) is 18.8 Å². The fourth-order valence-electron chi connectivity index (χ4n) is 3.75. The molecule has 0 bridgehead atoms. The van der Waals surface area contributed by atoms with E-state index in [1.54, 1.807) is 28.8 Å². The average molecular weight is 516 g/mol. The van der Waals surface area contributed by atoms with Crippen molar-refractivity contribution in [3.8, 4) is 11.4 Å². The normalized spacial score (nSPS) is 12.6. The van der Waals surface area contributed by atoms with Crippen LogP contribution in [0.1, 0.15) is 32.8 Å². The minimum absolute atomic E-state index is 0.0626. The minimum Gasteiger partial charge on any atom is -0.353 e. The fourth-order valence-corrected chi connectivity index (χ4v) is 5.97. The molecule has 1 N–H and O–H groups in total. The topological polar surface area (TPSA) is 97.2 Å². The third-order valence-electron chi connectivity index (χ3n) is 5.72. The molecule has 188 valence electrons. The summed E-state index contributed by atoms with van der Waals surface area (Å²) in [5.41, 5.74) is 1.91. The van der Waals surface area contributed by atoms with Gasteiger partial charge in [-0.25, -0.2) is 8.42 Å². The molecule has 0 spiro atoms. The SMILES string of the molecule is CCN(CC)S(=O)(=O)c1cccc(-c2nnc(SCC(=O)N[C@@H](C)CCc3ccccc3)n2C)c1. The Kier molecular flexibility index (Phi) is 9.47. The van der Waals surface area contributed by atoms with Gasteiger partial charge in [0.05, 0.1) is 10.6 Å². The van der Waals surface area contributed by atoms with Crippen LogP contribution in [0.3, 0.4) is 0 Å². The Bertz CT molecular complexity index is 1220. The van der Waals surface area contributed by atoms with Crippen LogP contribution in [0.2, 0.25) is 0 Å². The molecular formula is C25H33N5O3S2. The summed E-state index contributed by atoms with van der Waals surface area (Å²) < 4.78 is 29.0. The molecule has 3 aromatic rings. The number of aromatic nitrogens is 3. The number of hydrogen-bond donors (Lipinski definition) is 1. The van der Waals surface area contributed by atoms with Crippen LogP contribution in [0.4, 0.5) is 0 Å². The molecule has 2 aromatic carbocycles. The summed E-state index contributed by atoms with van der Waals surface area (Å²) in [6.07, 6.45) is 1.77. The molecule has 1 atom stereocenters. The van der Waals surface area contributed by atoms with Gasteiger partial charge in [0.2, 0.25) is 15.9 Å². The average Bonchev–Trinajstić information content (AvgIpc) is 3.23. The van der Waals surface area contributed by atoms with E-state index in [1.165, 1.54) is 21.6 Å².